The van der Waals surface area contributed by atoms with Crippen LogP contribution >= 0.6 is 0 Å². The van der Waals surface area contributed by atoms with E-state index in [9.17, 15) is 14.7 Å². The summed E-state index contributed by atoms with van der Waals surface area (Å²) in [5, 5.41) is 10.0. The first kappa shape index (κ1) is 24.7. The summed E-state index contributed by atoms with van der Waals surface area (Å²) in [6.07, 6.45) is 2.64. The van der Waals surface area contributed by atoms with Crippen molar-refractivity contribution in [3.8, 4) is 5.75 Å². The third kappa shape index (κ3) is 5.41. The van der Waals surface area contributed by atoms with Crippen molar-refractivity contribution in [3.63, 3.8) is 0 Å². The number of hydrogen-bond acceptors (Lipinski definition) is 4. The molecule has 5 rings (SSSR count). The van der Waals surface area contributed by atoms with Crippen LogP contribution in [-0.2, 0) is 22.6 Å². The first-order valence-corrected chi connectivity index (χ1v) is 12.7. The highest BCUT2D eigenvalue weighted by atomic mass is 16.5. The quantitative estimate of drug-likeness (QED) is 0.419. The molecule has 3 aromatic carbocycles. The van der Waals surface area contributed by atoms with Crippen LogP contribution in [0.5, 0.6) is 5.75 Å². The van der Waals surface area contributed by atoms with Gasteiger partial charge in [0.25, 0.3) is 0 Å². The van der Waals surface area contributed by atoms with Gasteiger partial charge in [-0.1, -0.05) is 80.6 Å². The number of carbonyl (C=O) groups is 2. The molecule has 37 heavy (non-hydrogen) atoms. The number of benzene rings is 3. The maximum atomic E-state index is 13.6. The van der Waals surface area contributed by atoms with Gasteiger partial charge in [-0.25, -0.2) is 4.79 Å². The van der Waals surface area contributed by atoms with Gasteiger partial charge in [0.05, 0.1) is 0 Å². The van der Waals surface area contributed by atoms with Crippen LogP contribution in [0.4, 0.5) is 0 Å². The maximum Gasteiger partial charge on any atom is 0.328 e. The number of aliphatic imine (C=N–C) groups is 1. The Hall–Kier alpha value is -3.99. The van der Waals surface area contributed by atoms with Gasteiger partial charge in [-0.2, -0.15) is 0 Å². The van der Waals surface area contributed by atoms with Gasteiger partial charge in [-0.15, -0.1) is 0 Å². The molecule has 0 aliphatic heterocycles. The summed E-state index contributed by atoms with van der Waals surface area (Å²) in [5.41, 5.74) is 5.92. The van der Waals surface area contributed by atoms with E-state index in [2.05, 4.69) is 18.8 Å². The van der Waals surface area contributed by atoms with Gasteiger partial charge >= 0.3 is 5.97 Å². The Labute approximate surface area is 217 Å². The summed E-state index contributed by atoms with van der Waals surface area (Å²) in [6.45, 7) is 4.92. The minimum atomic E-state index is -1.06. The van der Waals surface area contributed by atoms with Gasteiger partial charge < -0.3 is 9.84 Å². The van der Waals surface area contributed by atoms with Crippen LogP contribution in [0.2, 0.25) is 0 Å². The molecule has 0 amide bonds. The number of fused-ring (bicyclic) bond motifs is 2. The topological polar surface area (TPSA) is 76.0 Å². The Balaban J connectivity index is 1.38. The molecule has 5 nitrogen and oxygen atoms in total. The number of ether oxygens (including phenoxy) is 1. The molecule has 0 saturated carbocycles. The molecule has 1 N–H and O–H groups in total. The Morgan fingerprint density at radius 3 is 2.30 bits per heavy atom. The van der Waals surface area contributed by atoms with Gasteiger partial charge in [0.15, 0.2) is 6.04 Å². The van der Waals surface area contributed by atoms with E-state index in [4.69, 9.17) is 4.74 Å². The Morgan fingerprint density at radius 2 is 1.59 bits per heavy atom. The summed E-state index contributed by atoms with van der Waals surface area (Å²) in [4.78, 5) is 30.4. The summed E-state index contributed by atoms with van der Waals surface area (Å²) in [6, 6.07) is 24.0. The van der Waals surface area contributed by atoms with Gasteiger partial charge in [-0.05, 0) is 59.1 Å². The monoisotopic (exact) mass is 493 g/mol. The SMILES string of the molecule is CC1(C)CCC2=C(C1)c1ccccc1/C(=N/[C@@H](Cc1ccc(OCc3ccccc3)cc1)C(=O)O)C2=O. The maximum absolute atomic E-state index is 13.6. The molecule has 5 heteroatoms. The molecule has 3 aromatic rings. The average Bonchev–Trinajstić information content (AvgIpc) is 2.90. The second-order valence-electron chi connectivity index (χ2n) is 10.6. The number of carboxylic acid groups (broad SMARTS) is 1. The number of Topliss-reactive ketones (excluding diaryl/α,β-unsaturated/α-hetero) is 1. The van der Waals surface area contributed by atoms with Crippen LogP contribution in [0.25, 0.3) is 5.57 Å². The number of carbonyl (C=O) groups excluding carboxylic acids is 1. The fourth-order valence-electron chi connectivity index (χ4n) is 5.17. The first-order chi connectivity index (χ1) is 17.8. The predicted octanol–water partition coefficient (Wildman–Crippen LogP) is 6.30. The van der Waals surface area contributed by atoms with E-state index in [0.717, 1.165) is 46.2 Å². The fourth-order valence-corrected chi connectivity index (χ4v) is 5.17. The lowest BCUT2D eigenvalue weighted by Gasteiger charge is -2.36. The zero-order chi connectivity index (χ0) is 26.0. The molecule has 0 bridgehead atoms. The van der Waals surface area contributed by atoms with Gasteiger partial charge in [0.2, 0.25) is 5.78 Å². The fraction of sp³-hybridized carbons (Fsp3) is 0.281. The van der Waals surface area contributed by atoms with E-state index >= 15 is 0 Å². The predicted molar refractivity (Wildman–Crippen MR) is 145 cm³/mol. The lowest BCUT2D eigenvalue weighted by atomic mass is 9.68. The molecule has 1 atom stereocenters. The van der Waals surface area contributed by atoms with E-state index in [1.807, 2.05) is 78.9 Å². The molecule has 0 spiro atoms. The average molecular weight is 494 g/mol. The second-order valence-corrected chi connectivity index (χ2v) is 10.6. The van der Waals surface area contributed by atoms with Crippen molar-refractivity contribution >= 4 is 23.0 Å². The van der Waals surface area contributed by atoms with Gasteiger partial charge in [0, 0.05) is 17.6 Å². The highest BCUT2D eigenvalue weighted by molar-refractivity contribution is 6.54. The van der Waals surface area contributed by atoms with Crippen LogP contribution in [0.1, 0.15) is 55.4 Å². The lowest BCUT2D eigenvalue weighted by Crippen LogP contribution is -2.32. The summed E-state index contributed by atoms with van der Waals surface area (Å²) in [7, 11) is 0. The summed E-state index contributed by atoms with van der Waals surface area (Å²) in [5.74, 6) is -0.464. The Morgan fingerprint density at radius 1 is 0.919 bits per heavy atom. The number of nitrogens with zero attached hydrogens (tertiary/aromatic N) is 1. The molecule has 0 aromatic heterocycles. The standard InChI is InChI=1S/C32H31NO4/c1-32(2)17-16-26-27(19-32)24-10-6-7-11-25(24)29(30(26)34)33-28(31(35)36)18-21-12-14-23(15-13-21)37-20-22-8-4-3-5-9-22/h3-15,28H,16-20H2,1-2H3,(H,35,36)/b33-29-/t28-/m0/s1. The zero-order valence-corrected chi connectivity index (χ0v) is 21.2. The second kappa shape index (κ2) is 10.2. The number of aliphatic carboxylic acids is 1. The third-order valence-corrected chi connectivity index (χ3v) is 7.24. The number of carboxylic acids is 1. The molecule has 188 valence electrons. The van der Waals surface area contributed by atoms with Crippen molar-refractivity contribution in [1.29, 1.82) is 0 Å². The Kier molecular flexibility index (Phi) is 6.79. The molecule has 0 saturated heterocycles. The number of hydrogen-bond donors (Lipinski definition) is 1. The van der Waals surface area contributed by atoms with Crippen molar-refractivity contribution in [2.45, 2.75) is 52.2 Å². The summed E-state index contributed by atoms with van der Waals surface area (Å²) < 4.78 is 5.85. The minimum Gasteiger partial charge on any atom is -0.489 e. The van der Waals surface area contributed by atoms with Crippen LogP contribution in [0.15, 0.2) is 89.4 Å². The lowest BCUT2D eigenvalue weighted by molar-refractivity contribution is -0.138. The highest BCUT2D eigenvalue weighted by Crippen LogP contribution is 2.46. The molecular formula is C32H31NO4. The van der Waals surface area contributed by atoms with Gasteiger partial charge in [0.1, 0.15) is 18.1 Å². The molecule has 2 aliphatic carbocycles. The zero-order valence-electron chi connectivity index (χ0n) is 21.2. The smallest absolute Gasteiger partial charge is 0.328 e. The Bertz CT molecular complexity index is 1380. The van der Waals surface area contributed by atoms with Crippen molar-refractivity contribution in [1.82, 2.24) is 0 Å². The molecular weight excluding hydrogens is 462 g/mol. The molecule has 2 aliphatic rings. The normalized spacial score (nSPS) is 18.2. The van der Waals surface area contributed by atoms with E-state index in [1.54, 1.807) is 0 Å². The summed E-state index contributed by atoms with van der Waals surface area (Å²) >= 11 is 0. The van der Waals surface area contributed by atoms with Crippen molar-refractivity contribution < 1.29 is 19.4 Å². The van der Waals surface area contributed by atoms with E-state index in [-0.39, 0.29) is 23.3 Å². The number of rotatable bonds is 7. The first-order valence-electron chi connectivity index (χ1n) is 12.7. The van der Waals surface area contributed by atoms with Crippen LogP contribution in [0.3, 0.4) is 0 Å². The van der Waals surface area contributed by atoms with E-state index in [1.165, 1.54) is 0 Å². The minimum absolute atomic E-state index is 0.125. The van der Waals surface area contributed by atoms with E-state index < -0.39 is 12.0 Å². The van der Waals surface area contributed by atoms with Gasteiger partial charge in [-0.3, -0.25) is 9.79 Å². The highest BCUT2D eigenvalue weighted by Gasteiger charge is 2.37. The van der Waals surface area contributed by atoms with Crippen molar-refractivity contribution in [3.05, 3.63) is 107 Å². The van der Waals surface area contributed by atoms with E-state index in [0.29, 0.717) is 18.8 Å². The molecule has 0 fully saturated rings. The van der Waals surface area contributed by atoms with Crippen LogP contribution < -0.4 is 4.74 Å². The van der Waals surface area contributed by atoms with Crippen LogP contribution in [0, 0.1) is 5.41 Å². The molecule has 0 heterocycles. The van der Waals surface area contributed by atoms with Crippen molar-refractivity contribution in [2.24, 2.45) is 10.4 Å². The van der Waals surface area contributed by atoms with Crippen molar-refractivity contribution in [2.75, 3.05) is 0 Å². The molecule has 0 radical (unpaired) electrons. The number of allylic oxidation sites excluding steroid dienone is 2. The van der Waals surface area contributed by atoms with Crippen LogP contribution in [-0.4, -0.2) is 28.6 Å². The third-order valence-electron chi connectivity index (χ3n) is 7.24. The largest absolute Gasteiger partial charge is 0.489 e. The number of ketones is 1. The molecule has 0 unspecified atom stereocenters.